The lowest BCUT2D eigenvalue weighted by Gasteiger charge is -2.01. The highest BCUT2D eigenvalue weighted by Gasteiger charge is 2.30. The molecule has 0 N–H and O–H groups in total. The molecule has 1 rings (SSSR count). The summed E-state index contributed by atoms with van der Waals surface area (Å²) in [6.45, 7) is 0. The highest BCUT2D eigenvalue weighted by atomic mass is 16.8. The van der Waals surface area contributed by atoms with Gasteiger partial charge in [-0.1, -0.05) is 0 Å². The Labute approximate surface area is 82.4 Å². The van der Waals surface area contributed by atoms with Crippen LogP contribution < -0.4 is 5.12 Å². The molecule has 0 aliphatic heterocycles. The second-order valence-electron chi connectivity index (χ2n) is 2.38. The third-order valence-electron chi connectivity index (χ3n) is 1.51. The van der Waals surface area contributed by atoms with Crippen molar-refractivity contribution in [2.45, 2.75) is 0 Å². The van der Waals surface area contributed by atoms with Crippen LogP contribution in [-0.4, -0.2) is 10.1 Å². The van der Waals surface area contributed by atoms with Crippen LogP contribution in [0.5, 0.6) is 0 Å². The molecule has 0 aliphatic carbocycles. The van der Waals surface area contributed by atoms with Crippen molar-refractivity contribution in [2.75, 3.05) is 5.12 Å². The Kier molecular flexibility index (Phi) is 2.73. The predicted molar refractivity (Wildman–Crippen MR) is 47.7 cm³/mol. The summed E-state index contributed by atoms with van der Waals surface area (Å²) in [7, 11) is 0. The lowest BCUT2D eigenvalue weighted by molar-refractivity contribution is -0.711. The third kappa shape index (κ3) is 2.13. The minimum Gasteiger partial charge on any atom is -0.230 e. The van der Waals surface area contributed by atoms with Crippen LogP contribution in [-0.2, 0) is 0 Å². The van der Waals surface area contributed by atoms with Crippen LogP contribution in [0.4, 0.5) is 11.4 Å². The van der Waals surface area contributed by atoms with Crippen molar-refractivity contribution in [1.29, 1.82) is 5.39 Å². The van der Waals surface area contributed by atoms with Crippen LogP contribution in [0.2, 0.25) is 0 Å². The van der Waals surface area contributed by atoms with E-state index in [1.54, 1.807) is 0 Å². The molecular formula is C6H4N5O4+. The molecule has 9 heteroatoms. The number of benzene rings is 1. The molecular weight excluding hydrogens is 206 g/mol. The number of anilines is 1. The number of nitro groups is 2. The summed E-state index contributed by atoms with van der Waals surface area (Å²) in [5.74, 6) is 0. The molecule has 1 aromatic rings. The fourth-order valence-electron chi connectivity index (χ4n) is 0.901. The molecule has 0 saturated carbocycles. The van der Waals surface area contributed by atoms with Crippen LogP contribution in [0, 0.1) is 25.6 Å². The molecule has 9 nitrogen and oxygen atoms in total. The molecule has 0 aliphatic rings. The fourth-order valence-corrected chi connectivity index (χ4v) is 0.901. The van der Waals surface area contributed by atoms with Crippen LogP contribution >= 0.6 is 0 Å². The maximum Gasteiger partial charge on any atom is 0.385 e. The summed E-state index contributed by atoms with van der Waals surface area (Å²) in [4.78, 5) is 23.4. The van der Waals surface area contributed by atoms with E-state index in [1.165, 1.54) is 12.1 Å². The number of rotatable bonds is 3. The summed E-state index contributed by atoms with van der Waals surface area (Å²) in [5, 5.41) is 26.4. The zero-order valence-electron chi connectivity index (χ0n) is 7.18. The Morgan fingerprint density at radius 2 is 1.60 bits per heavy atom. The monoisotopic (exact) mass is 210 g/mol. The first-order valence-electron chi connectivity index (χ1n) is 3.60. The fraction of sp³-hybridized carbons (Fsp3) is 0. The summed E-state index contributed by atoms with van der Waals surface area (Å²) >= 11 is 0. The van der Waals surface area contributed by atoms with Crippen LogP contribution in [0.1, 0.15) is 0 Å². The van der Waals surface area contributed by atoms with E-state index in [2.05, 4.69) is 4.98 Å². The molecule has 0 aromatic heterocycles. The zero-order chi connectivity index (χ0) is 11.4. The van der Waals surface area contributed by atoms with E-state index in [-0.39, 0.29) is 16.5 Å². The molecule has 76 valence electrons. The van der Waals surface area contributed by atoms with E-state index < -0.39 is 10.1 Å². The van der Waals surface area contributed by atoms with Crippen molar-refractivity contribution in [1.82, 2.24) is 0 Å². The average Bonchev–Trinajstić information content (AvgIpc) is 2.18. The summed E-state index contributed by atoms with van der Waals surface area (Å²) in [6.07, 6.45) is 0. The van der Waals surface area contributed by atoms with Crippen molar-refractivity contribution in [3.8, 4) is 0 Å². The van der Waals surface area contributed by atoms with Gasteiger partial charge in [0.2, 0.25) is 15.5 Å². The zero-order valence-corrected chi connectivity index (χ0v) is 7.18. The van der Waals surface area contributed by atoms with E-state index in [0.29, 0.717) is 0 Å². The largest absolute Gasteiger partial charge is 0.385 e. The Hall–Kier alpha value is -2.76. The highest BCUT2D eigenvalue weighted by Crippen LogP contribution is 2.19. The number of hydrazine groups is 2. The van der Waals surface area contributed by atoms with E-state index in [9.17, 15) is 20.2 Å². The minimum atomic E-state index is -1.16. The number of hydrogen-bond donors (Lipinski definition) is 0. The van der Waals surface area contributed by atoms with Crippen LogP contribution in [0.3, 0.4) is 0 Å². The molecule has 0 saturated heterocycles. The van der Waals surface area contributed by atoms with Crippen molar-refractivity contribution in [3.63, 3.8) is 0 Å². The molecule has 0 atom stereocenters. The quantitative estimate of drug-likeness (QED) is 0.422. The van der Waals surface area contributed by atoms with Gasteiger partial charge in [-0.2, -0.15) is 0 Å². The molecule has 0 radical (unpaired) electrons. The summed E-state index contributed by atoms with van der Waals surface area (Å²) in [6, 6.07) is 4.60. The van der Waals surface area contributed by atoms with Crippen LogP contribution in [0.15, 0.2) is 24.3 Å². The van der Waals surface area contributed by atoms with Gasteiger partial charge in [-0.15, -0.1) is 0 Å². The van der Waals surface area contributed by atoms with Gasteiger partial charge in [0.15, 0.2) is 15.8 Å². The number of hydrogen-bond acceptors (Lipinski definition) is 5. The van der Waals surface area contributed by atoms with Gasteiger partial charge in [0.1, 0.15) is 0 Å². The molecule has 0 spiro atoms. The average molecular weight is 210 g/mol. The lowest BCUT2D eigenvalue weighted by Crippen LogP contribution is -2.35. The van der Waals surface area contributed by atoms with Gasteiger partial charge in [-0.05, 0) is 12.1 Å². The number of nitrogens with zero attached hydrogens (tertiary/aromatic N) is 5. The lowest BCUT2D eigenvalue weighted by atomic mass is 10.3. The van der Waals surface area contributed by atoms with Gasteiger partial charge < -0.3 is 0 Å². The van der Waals surface area contributed by atoms with Gasteiger partial charge in [-0.25, -0.2) is 20.2 Å². The first-order chi connectivity index (χ1) is 7.06. The molecule has 15 heavy (non-hydrogen) atoms. The van der Waals surface area contributed by atoms with Crippen molar-refractivity contribution in [2.24, 2.45) is 0 Å². The van der Waals surface area contributed by atoms with Gasteiger partial charge in [0, 0.05) is 12.1 Å². The molecule has 0 amide bonds. The summed E-state index contributed by atoms with van der Waals surface area (Å²) in [5.41, 5.74) is -0.0946. The second kappa shape index (κ2) is 3.97. The van der Waals surface area contributed by atoms with Crippen molar-refractivity contribution >= 4 is 11.4 Å². The van der Waals surface area contributed by atoms with Crippen molar-refractivity contribution in [3.05, 3.63) is 49.5 Å². The van der Waals surface area contributed by atoms with E-state index in [4.69, 9.17) is 5.39 Å². The van der Waals surface area contributed by atoms with Gasteiger partial charge in [-0.3, -0.25) is 0 Å². The van der Waals surface area contributed by atoms with Gasteiger partial charge in [0.05, 0.1) is 0 Å². The first-order valence-corrected chi connectivity index (χ1v) is 3.60. The Balaban J connectivity index is 3.09. The second-order valence-corrected chi connectivity index (χ2v) is 2.38. The standard InChI is InChI=1S/C6H4N5O4/c7-8-5-1-3-6(4-2-5)9(10(12)13)11(14)15/h1-4H/q+1. The first kappa shape index (κ1) is 10.3. The van der Waals surface area contributed by atoms with Gasteiger partial charge in [0.25, 0.3) is 0 Å². The Morgan fingerprint density at radius 3 is 1.93 bits per heavy atom. The maximum absolute atomic E-state index is 10.3. The molecule has 0 fully saturated rings. The van der Waals surface area contributed by atoms with Gasteiger partial charge >= 0.3 is 5.69 Å². The third-order valence-corrected chi connectivity index (χ3v) is 1.51. The molecule has 1 aromatic carbocycles. The predicted octanol–water partition coefficient (Wildman–Crippen LogP) is 1.36. The topological polar surface area (TPSA) is 118 Å². The minimum absolute atomic E-state index is 0.144. The van der Waals surface area contributed by atoms with E-state index in [0.717, 1.165) is 12.1 Å². The molecule has 0 bridgehead atoms. The van der Waals surface area contributed by atoms with Crippen LogP contribution in [0.25, 0.3) is 4.98 Å². The molecule has 0 heterocycles. The van der Waals surface area contributed by atoms with E-state index in [1.807, 2.05) is 0 Å². The normalized spacial score (nSPS) is 9.00. The SMILES string of the molecule is N#[N+]c1ccc(N([N+](=O)[O-])[N+](=O)[O-])cc1. The smallest absolute Gasteiger partial charge is 0.230 e. The number of diazo groups is 1. The maximum atomic E-state index is 10.3. The summed E-state index contributed by atoms with van der Waals surface area (Å²) < 4.78 is 0. The van der Waals surface area contributed by atoms with Crippen molar-refractivity contribution < 1.29 is 10.1 Å². The Bertz CT molecular complexity index is 422. The van der Waals surface area contributed by atoms with E-state index >= 15 is 0 Å². The Morgan fingerprint density at radius 1 is 1.13 bits per heavy atom. The highest BCUT2D eigenvalue weighted by molar-refractivity contribution is 5.52. The molecule has 0 unspecified atom stereocenters.